The molecule has 120 valence electrons. The largest absolute Gasteiger partial charge is 0.352 e. The van der Waals surface area contributed by atoms with Gasteiger partial charge in [-0.3, -0.25) is 4.99 Å². The van der Waals surface area contributed by atoms with Gasteiger partial charge in [0.15, 0.2) is 5.96 Å². The van der Waals surface area contributed by atoms with Gasteiger partial charge < -0.3 is 10.6 Å². The van der Waals surface area contributed by atoms with E-state index in [4.69, 9.17) is 0 Å². The van der Waals surface area contributed by atoms with Crippen molar-refractivity contribution in [3.63, 3.8) is 0 Å². The van der Waals surface area contributed by atoms with E-state index >= 15 is 0 Å². The lowest BCUT2D eigenvalue weighted by Crippen LogP contribution is -2.36. The molecule has 1 heterocycles. The summed E-state index contributed by atoms with van der Waals surface area (Å²) in [5, 5.41) is 6.41. The summed E-state index contributed by atoms with van der Waals surface area (Å²) in [5.74, 6) is 0.440. The Kier molecular flexibility index (Phi) is 8.34. The summed E-state index contributed by atoms with van der Waals surface area (Å²) in [5.41, 5.74) is 0.866. The van der Waals surface area contributed by atoms with Crippen LogP contribution in [-0.4, -0.2) is 13.0 Å². The van der Waals surface area contributed by atoms with Gasteiger partial charge in [-0.25, -0.2) is 4.39 Å². The molecule has 0 radical (unpaired) electrons. The number of guanidine groups is 1. The Balaban J connectivity index is 0.00000242. The summed E-state index contributed by atoms with van der Waals surface area (Å²) in [6, 6.07) is 9.28. The maximum Gasteiger partial charge on any atom is 0.191 e. The zero-order valence-corrected chi connectivity index (χ0v) is 17.1. The molecule has 0 aliphatic heterocycles. The van der Waals surface area contributed by atoms with Gasteiger partial charge in [0.2, 0.25) is 0 Å². The van der Waals surface area contributed by atoms with Gasteiger partial charge in [0.25, 0.3) is 0 Å². The van der Waals surface area contributed by atoms with Crippen molar-refractivity contribution in [2.75, 3.05) is 7.05 Å². The van der Waals surface area contributed by atoms with Crippen LogP contribution in [0.25, 0.3) is 0 Å². The van der Waals surface area contributed by atoms with Crippen LogP contribution in [0.1, 0.15) is 15.3 Å². The van der Waals surface area contributed by atoms with Crippen LogP contribution >= 0.6 is 51.2 Å². The molecule has 3 nitrogen and oxygen atoms in total. The van der Waals surface area contributed by atoms with Crippen molar-refractivity contribution in [3.05, 3.63) is 55.9 Å². The van der Waals surface area contributed by atoms with E-state index in [2.05, 4.69) is 50.6 Å². The molecule has 0 spiro atoms. The second-order valence-electron chi connectivity index (χ2n) is 4.54. The number of benzene rings is 1. The smallest absolute Gasteiger partial charge is 0.191 e. The number of thiophene rings is 1. The molecule has 0 unspecified atom stereocenters. The van der Waals surface area contributed by atoms with E-state index < -0.39 is 0 Å². The average Bonchev–Trinajstić information content (AvgIpc) is 2.88. The Hall–Kier alpha value is -0.670. The van der Waals surface area contributed by atoms with Gasteiger partial charge in [0.05, 0.1) is 11.0 Å². The monoisotopic (exact) mass is 497 g/mol. The van der Waals surface area contributed by atoms with Crippen LogP contribution in [0.15, 0.2) is 39.8 Å². The molecular weight excluding hydrogens is 480 g/mol. The van der Waals surface area contributed by atoms with Gasteiger partial charge in [-0.15, -0.1) is 35.3 Å². The average molecular weight is 498 g/mol. The molecule has 0 aliphatic carbocycles. The molecule has 0 saturated carbocycles. The lowest BCUT2D eigenvalue weighted by molar-refractivity contribution is 0.618. The maximum atomic E-state index is 13.4. The first kappa shape index (κ1) is 19.4. The van der Waals surface area contributed by atoms with E-state index in [9.17, 15) is 4.39 Å². The lowest BCUT2D eigenvalue weighted by Gasteiger charge is -2.11. The molecule has 1 aromatic carbocycles. The van der Waals surface area contributed by atoms with E-state index in [0.717, 1.165) is 12.1 Å². The molecule has 2 rings (SSSR count). The maximum absolute atomic E-state index is 13.4. The lowest BCUT2D eigenvalue weighted by atomic mass is 10.2. The SMILES string of the molecule is CN=C(NCc1ccc(Br)c(F)c1)NCc1ccc(C)s1.I. The Morgan fingerprint density at radius 1 is 1.23 bits per heavy atom. The van der Waals surface area contributed by atoms with Gasteiger partial charge in [-0.2, -0.15) is 0 Å². The minimum absolute atomic E-state index is 0. The predicted molar refractivity (Wildman–Crippen MR) is 106 cm³/mol. The van der Waals surface area contributed by atoms with Crippen LogP contribution in [0.4, 0.5) is 4.39 Å². The normalized spacial score (nSPS) is 11.0. The molecule has 2 N–H and O–H groups in total. The molecule has 0 bridgehead atoms. The van der Waals surface area contributed by atoms with E-state index in [-0.39, 0.29) is 29.8 Å². The summed E-state index contributed by atoms with van der Waals surface area (Å²) >= 11 is 4.90. The fourth-order valence-electron chi connectivity index (χ4n) is 1.81. The first-order valence-electron chi connectivity index (χ1n) is 6.52. The molecule has 0 aliphatic rings. The predicted octanol–water partition coefficient (Wildman–Crippen LogP) is 4.44. The van der Waals surface area contributed by atoms with Crippen LogP contribution in [0, 0.1) is 12.7 Å². The second kappa shape index (κ2) is 9.46. The highest BCUT2D eigenvalue weighted by Gasteiger charge is 2.03. The van der Waals surface area contributed by atoms with Gasteiger partial charge >= 0.3 is 0 Å². The number of halogens is 3. The van der Waals surface area contributed by atoms with E-state index in [1.54, 1.807) is 24.5 Å². The first-order chi connectivity index (χ1) is 10.1. The van der Waals surface area contributed by atoms with Crippen molar-refractivity contribution in [2.24, 2.45) is 4.99 Å². The summed E-state index contributed by atoms with van der Waals surface area (Å²) in [6.45, 7) is 3.34. The van der Waals surface area contributed by atoms with Gasteiger partial charge in [0, 0.05) is 23.3 Å². The molecule has 0 amide bonds. The molecule has 2 aromatic rings. The number of hydrogen-bond acceptors (Lipinski definition) is 2. The van der Waals surface area contributed by atoms with Crippen LogP contribution in [-0.2, 0) is 13.1 Å². The van der Waals surface area contributed by atoms with Gasteiger partial charge in [0.1, 0.15) is 5.82 Å². The van der Waals surface area contributed by atoms with Crippen molar-refractivity contribution in [1.82, 2.24) is 10.6 Å². The highest BCUT2D eigenvalue weighted by Crippen LogP contribution is 2.16. The number of aryl methyl sites for hydroxylation is 1. The zero-order chi connectivity index (χ0) is 15.2. The Bertz CT molecular complexity index is 645. The van der Waals surface area contributed by atoms with E-state index in [0.29, 0.717) is 17.0 Å². The van der Waals surface area contributed by atoms with Gasteiger partial charge in [-0.1, -0.05) is 6.07 Å². The highest BCUT2D eigenvalue weighted by atomic mass is 127. The Labute approximate surface area is 159 Å². The molecule has 0 fully saturated rings. The van der Waals surface area contributed by atoms with Crippen LogP contribution in [0.3, 0.4) is 0 Å². The Morgan fingerprint density at radius 3 is 2.55 bits per heavy atom. The van der Waals surface area contributed by atoms with E-state index in [1.807, 2.05) is 6.07 Å². The van der Waals surface area contributed by atoms with Crippen molar-refractivity contribution in [2.45, 2.75) is 20.0 Å². The first-order valence-corrected chi connectivity index (χ1v) is 8.13. The van der Waals surface area contributed by atoms with Crippen molar-refractivity contribution in [1.29, 1.82) is 0 Å². The van der Waals surface area contributed by atoms with E-state index in [1.165, 1.54) is 15.8 Å². The summed E-state index contributed by atoms with van der Waals surface area (Å²) in [6.07, 6.45) is 0. The number of nitrogens with zero attached hydrogens (tertiary/aromatic N) is 1. The fourth-order valence-corrected chi connectivity index (χ4v) is 2.88. The molecular formula is C15H18BrFIN3S. The molecule has 1 aromatic heterocycles. The number of nitrogens with one attached hydrogen (secondary N) is 2. The van der Waals surface area contributed by atoms with Gasteiger partial charge in [-0.05, 0) is 52.7 Å². The number of rotatable bonds is 4. The van der Waals surface area contributed by atoms with Crippen LogP contribution in [0.2, 0.25) is 0 Å². The highest BCUT2D eigenvalue weighted by molar-refractivity contribution is 14.0. The third kappa shape index (κ3) is 5.85. The summed E-state index contributed by atoms with van der Waals surface area (Å²) in [4.78, 5) is 6.71. The third-order valence-electron chi connectivity index (χ3n) is 2.89. The summed E-state index contributed by atoms with van der Waals surface area (Å²) in [7, 11) is 1.72. The fraction of sp³-hybridized carbons (Fsp3) is 0.267. The minimum atomic E-state index is -0.258. The number of aliphatic imine (C=N–C) groups is 1. The van der Waals surface area contributed by atoms with Crippen molar-refractivity contribution in [3.8, 4) is 0 Å². The van der Waals surface area contributed by atoms with Crippen LogP contribution < -0.4 is 10.6 Å². The molecule has 0 saturated heterocycles. The third-order valence-corrected chi connectivity index (χ3v) is 4.54. The second-order valence-corrected chi connectivity index (χ2v) is 6.77. The molecule has 7 heteroatoms. The topological polar surface area (TPSA) is 36.4 Å². The van der Waals surface area contributed by atoms with Crippen molar-refractivity contribution < 1.29 is 4.39 Å². The Morgan fingerprint density at radius 2 is 1.95 bits per heavy atom. The zero-order valence-electron chi connectivity index (χ0n) is 12.3. The molecule has 22 heavy (non-hydrogen) atoms. The van der Waals surface area contributed by atoms with Crippen LogP contribution in [0.5, 0.6) is 0 Å². The standard InChI is InChI=1S/C15H17BrFN3S.HI/c1-10-3-5-12(21-10)9-20-15(18-2)19-8-11-4-6-13(16)14(17)7-11;/h3-7H,8-9H2,1-2H3,(H2,18,19,20);1H. The number of hydrogen-bond donors (Lipinski definition) is 2. The molecule has 0 atom stereocenters. The minimum Gasteiger partial charge on any atom is -0.352 e. The van der Waals surface area contributed by atoms with Crippen molar-refractivity contribution >= 4 is 57.2 Å². The summed E-state index contributed by atoms with van der Waals surface area (Å²) < 4.78 is 13.9. The quantitative estimate of drug-likeness (QED) is 0.372.